The highest BCUT2D eigenvalue weighted by Gasteiger charge is 2.46. The maximum Gasteiger partial charge on any atom is 0.0120 e. The van der Waals surface area contributed by atoms with Crippen LogP contribution in [-0.4, -0.2) is 61.2 Å². The van der Waals surface area contributed by atoms with Crippen molar-refractivity contribution in [3.8, 4) is 0 Å². The quantitative estimate of drug-likeness (QED) is 0.803. The summed E-state index contributed by atoms with van der Waals surface area (Å²) in [5.41, 5.74) is 0.660. The van der Waals surface area contributed by atoms with Gasteiger partial charge in [-0.05, 0) is 59.2 Å². The molecule has 0 saturated carbocycles. The summed E-state index contributed by atoms with van der Waals surface area (Å²) in [6.45, 7) is 12.6. The number of hydrogen-bond acceptors (Lipinski definition) is 3. The molecule has 3 heteroatoms. The van der Waals surface area contributed by atoms with E-state index >= 15 is 0 Å². The Kier molecular flexibility index (Phi) is 3.65. The van der Waals surface area contributed by atoms with Gasteiger partial charge >= 0.3 is 0 Å². The molecule has 3 saturated heterocycles. The zero-order valence-electron chi connectivity index (χ0n) is 12.1. The summed E-state index contributed by atoms with van der Waals surface area (Å²) in [6.07, 6.45) is 5.63. The summed E-state index contributed by atoms with van der Waals surface area (Å²) in [5.74, 6) is 0. The standard InChI is InChI=1S/C15H29N3/c1-13(2)18-11-15(12-18)6-3-9-17(10-15)14-4-7-16-8-5-14/h13-14,16H,3-12H2,1-2H3. The fourth-order valence-electron chi connectivity index (χ4n) is 4.17. The normalized spacial score (nSPS) is 30.8. The fourth-order valence-corrected chi connectivity index (χ4v) is 4.17. The Balaban J connectivity index is 1.56. The van der Waals surface area contributed by atoms with Gasteiger partial charge in [-0.2, -0.15) is 0 Å². The lowest BCUT2D eigenvalue weighted by Gasteiger charge is -2.57. The molecule has 0 aromatic heterocycles. The summed E-state index contributed by atoms with van der Waals surface area (Å²) in [7, 11) is 0. The third-order valence-electron chi connectivity index (χ3n) is 5.32. The maximum atomic E-state index is 3.49. The van der Waals surface area contributed by atoms with E-state index in [1.165, 1.54) is 65.0 Å². The number of nitrogens with one attached hydrogen (secondary N) is 1. The van der Waals surface area contributed by atoms with Crippen LogP contribution in [0.15, 0.2) is 0 Å². The minimum Gasteiger partial charge on any atom is -0.317 e. The minimum absolute atomic E-state index is 0.660. The van der Waals surface area contributed by atoms with Crippen LogP contribution in [0.3, 0.4) is 0 Å². The van der Waals surface area contributed by atoms with Gasteiger partial charge in [-0.15, -0.1) is 0 Å². The first kappa shape index (κ1) is 12.9. The van der Waals surface area contributed by atoms with Crippen molar-refractivity contribution >= 4 is 0 Å². The Morgan fingerprint density at radius 1 is 1.11 bits per heavy atom. The van der Waals surface area contributed by atoms with Crippen molar-refractivity contribution in [3.05, 3.63) is 0 Å². The number of piperidine rings is 2. The molecule has 0 aromatic rings. The lowest BCUT2D eigenvalue weighted by Crippen LogP contribution is -2.65. The zero-order chi connectivity index (χ0) is 12.6. The molecule has 3 fully saturated rings. The number of likely N-dealkylation sites (tertiary alicyclic amines) is 2. The van der Waals surface area contributed by atoms with E-state index in [-0.39, 0.29) is 0 Å². The van der Waals surface area contributed by atoms with Gasteiger partial charge in [-0.3, -0.25) is 9.80 Å². The molecule has 0 atom stereocenters. The summed E-state index contributed by atoms with van der Waals surface area (Å²) in [4.78, 5) is 5.47. The summed E-state index contributed by atoms with van der Waals surface area (Å²) in [6, 6.07) is 1.61. The number of rotatable bonds is 2. The highest BCUT2D eigenvalue weighted by atomic mass is 15.3. The molecule has 0 amide bonds. The van der Waals surface area contributed by atoms with Crippen LogP contribution >= 0.6 is 0 Å². The van der Waals surface area contributed by atoms with Crippen molar-refractivity contribution in [2.24, 2.45) is 5.41 Å². The lowest BCUT2D eigenvalue weighted by atomic mass is 9.72. The van der Waals surface area contributed by atoms with Crippen LogP contribution in [0.1, 0.15) is 39.5 Å². The molecule has 1 spiro atoms. The number of nitrogens with zero attached hydrogens (tertiary/aromatic N) is 2. The van der Waals surface area contributed by atoms with Crippen molar-refractivity contribution in [2.45, 2.75) is 51.6 Å². The molecule has 0 unspecified atom stereocenters. The van der Waals surface area contributed by atoms with Crippen molar-refractivity contribution in [2.75, 3.05) is 39.3 Å². The van der Waals surface area contributed by atoms with Crippen molar-refractivity contribution in [3.63, 3.8) is 0 Å². The molecule has 3 rings (SSSR count). The van der Waals surface area contributed by atoms with Gasteiger partial charge in [-0.1, -0.05) is 0 Å². The number of hydrogen-bond donors (Lipinski definition) is 1. The van der Waals surface area contributed by atoms with Crippen LogP contribution in [0.2, 0.25) is 0 Å². The predicted molar refractivity (Wildman–Crippen MR) is 75.8 cm³/mol. The topological polar surface area (TPSA) is 18.5 Å². The van der Waals surface area contributed by atoms with Crippen LogP contribution in [0, 0.1) is 5.41 Å². The Labute approximate surface area is 112 Å². The van der Waals surface area contributed by atoms with E-state index in [1.54, 1.807) is 0 Å². The van der Waals surface area contributed by atoms with E-state index in [0.717, 1.165) is 12.1 Å². The van der Waals surface area contributed by atoms with Gasteiger partial charge in [0.05, 0.1) is 0 Å². The van der Waals surface area contributed by atoms with Crippen molar-refractivity contribution < 1.29 is 0 Å². The molecule has 0 bridgehead atoms. The maximum absolute atomic E-state index is 3.49. The molecule has 0 radical (unpaired) electrons. The first-order chi connectivity index (χ1) is 8.69. The Morgan fingerprint density at radius 2 is 1.83 bits per heavy atom. The van der Waals surface area contributed by atoms with Gasteiger partial charge in [0, 0.05) is 37.1 Å². The van der Waals surface area contributed by atoms with Crippen LogP contribution in [0.25, 0.3) is 0 Å². The fraction of sp³-hybridized carbons (Fsp3) is 1.00. The van der Waals surface area contributed by atoms with Crippen molar-refractivity contribution in [1.82, 2.24) is 15.1 Å². The van der Waals surface area contributed by atoms with Gasteiger partial charge in [-0.25, -0.2) is 0 Å². The molecule has 104 valence electrons. The molecule has 3 aliphatic rings. The van der Waals surface area contributed by atoms with Crippen LogP contribution < -0.4 is 5.32 Å². The second kappa shape index (κ2) is 5.10. The van der Waals surface area contributed by atoms with E-state index in [9.17, 15) is 0 Å². The van der Waals surface area contributed by atoms with Gasteiger partial charge in [0.1, 0.15) is 0 Å². The second-order valence-electron chi connectivity index (χ2n) is 7.05. The molecule has 3 aliphatic heterocycles. The van der Waals surface area contributed by atoms with E-state index in [1.807, 2.05) is 0 Å². The Hall–Kier alpha value is -0.120. The van der Waals surface area contributed by atoms with Crippen LogP contribution in [0.5, 0.6) is 0 Å². The third kappa shape index (κ3) is 2.45. The van der Waals surface area contributed by atoms with Gasteiger partial charge in [0.15, 0.2) is 0 Å². The molecule has 3 heterocycles. The van der Waals surface area contributed by atoms with E-state index in [2.05, 4.69) is 29.0 Å². The first-order valence-electron chi connectivity index (χ1n) is 7.87. The second-order valence-corrected chi connectivity index (χ2v) is 7.05. The molecule has 18 heavy (non-hydrogen) atoms. The summed E-state index contributed by atoms with van der Waals surface area (Å²) >= 11 is 0. The highest BCUT2D eigenvalue weighted by Crippen LogP contribution is 2.40. The SMILES string of the molecule is CC(C)N1CC2(CCCN(C3CCNCC3)C2)C1. The summed E-state index contributed by atoms with van der Waals surface area (Å²) < 4.78 is 0. The smallest absolute Gasteiger partial charge is 0.0120 e. The van der Waals surface area contributed by atoms with E-state index in [4.69, 9.17) is 0 Å². The third-order valence-corrected chi connectivity index (χ3v) is 5.32. The molecular weight excluding hydrogens is 222 g/mol. The average molecular weight is 251 g/mol. The monoisotopic (exact) mass is 251 g/mol. The molecule has 1 N–H and O–H groups in total. The van der Waals surface area contributed by atoms with Crippen LogP contribution in [-0.2, 0) is 0 Å². The largest absolute Gasteiger partial charge is 0.317 e. The Bertz CT molecular complexity index is 277. The van der Waals surface area contributed by atoms with Gasteiger partial charge in [0.2, 0.25) is 0 Å². The van der Waals surface area contributed by atoms with Gasteiger partial charge < -0.3 is 5.32 Å². The zero-order valence-corrected chi connectivity index (χ0v) is 12.1. The van der Waals surface area contributed by atoms with Crippen molar-refractivity contribution in [1.29, 1.82) is 0 Å². The molecule has 0 aliphatic carbocycles. The predicted octanol–water partition coefficient (Wildman–Crippen LogP) is 1.54. The van der Waals surface area contributed by atoms with Crippen LogP contribution in [0.4, 0.5) is 0 Å². The average Bonchev–Trinajstić information content (AvgIpc) is 2.37. The highest BCUT2D eigenvalue weighted by molar-refractivity contribution is 5.01. The minimum atomic E-state index is 0.660. The molecule has 3 nitrogen and oxygen atoms in total. The molecule has 0 aromatic carbocycles. The summed E-state index contributed by atoms with van der Waals surface area (Å²) in [5, 5.41) is 3.49. The first-order valence-corrected chi connectivity index (χ1v) is 7.87. The lowest BCUT2D eigenvalue weighted by molar-refractivity contribution is -0.0800. The van der Waals surface area contributed by atoms with Gasteiger partial charge in [0.25, 0.3) is 0 Å². The molecular formula is C15H29N3. The van der Waals surface area contributed by atoms with E-state index < -0.39 is 0 Å². The Morgan fingerprint density at radius 3 is 2.50 bits per heavy atom. The van der Waals surface area contributed by atoms with E-state index in [0.29, 0.717) is 5.41 Å².